The zero-order valence-electron chi connectivity index (χ0n) is 15.4. The van der Waals surface area contributed by atoms with Crippen LogP contribution in [-0.2, 0) is 15.9 Å². The van der Waals surface area contributed by atoms with Gasteiger partial charge in [-0.05, 0) is 37.0 Å². The summed E-state index contributed by atoms with van der Waals surface area (Å²) in [4.78, 5) is 4.40. The Labute approximate surface area is 172 Å². The van der Waals surface area contributed by atoms with E-state index in [0.717, 1.165) is 31.6 Å². The Balaban J connectivity index is 0.00000243. The smallest absolute Gasteiger partial charge is 0.188 e. The molecule has 0 amide bonds. The second-order valence-corrected chi connectivity index (χ2v) is 6.77. The molecule has 1 saturated heterocycles. The number of aliphatic imine (C=N–C) groups is 1. The number of benzene rings is 1. The second-order valence-electron chi connectivity index (χ2n) is 6.77. The van der Waals surface area contributed by atoms with Crippen molar-refractivity contribution in [3.63, 3.8) is 0 Å². The van der Waals surface area contributed by atoms with Gasteiger partial charge >= 0.3 is 0 Å². The minimum Gasteiger partial charge on any atom is -0.497 e. The highest BCUT2D eigenvalue weighted by Gasteiger charge is 2.41. The van der Waals surface area contributed by atoms with E-state index < -0.39 is 0 Å². The lowest BCUT2D eigenvalue weighted by Crippen LogP contribution is -2.35. The fourth-order valence-corrected chi connectivity index (χ4v) is 3.44. The van der Waals surface area contributed by atoms with Crippen molar-refractivity contribution < 1.29 is 14.2 Å². The van der Waals surface area contributed by atoms with Crippen molar-refractivity contribution in [2.45, 2.75) is 50.4 Å². The molecule has 1 aliphatic heterocycles. The van der Waals surface area contributed by atoms with Gasteiger partial charge in [0.1, 0.15) is 11.9 Å². The molecular weight excluding hydrogens is 445 g/mol. The SMILES string of the molecule is COc1ccc(CCNC(N)=NCC2COC3(CCCCC3)O2)cc1.I. The number of guanidine groups is 1. The first-order valence-electron chi connectivity index (χ1n) is 9.18. The summed E-state index contributed by atoms with van der Waals surface area (Å²) in [5.41, 5.74) is 7.18. The minimum atomic E-state index is -0.338. The summed E-state index contributed by atoms with van der Waals surface area (Å²) in [7, 11) is 1.67. The van der Waals surface area contributed by atoms with E-state index in [1.165, 1.54) is 24.8 Å². The molecule has 2 aliphatic rings. The first-order valence-corrected chi connectivity index (χ1v) is 9.18. The van der Waals surface area contributed by atoms with Crippen LogP contribution in [0.3, 0.4) is 0 Å². The van der Waals surface area contributed by atoms with E-state index in [0.29, 0.717) is 19.1 Å². The fourth-order valence-electron chi connectivity index (χ4n) is 3.44. The summed E-state index contributed by atoms with van der Waals surface area (Å²) in [6, 6.07) is 8.04. The van der Waals surface area contributed by atoms with Crippen LogP contribution in [0.4, 0.5) is 0 Å². The van der Waals surface area contributed by atoms with Crippen molar-refractivity contribution in [1.82, 2.24) is 5.32 Å². The predicted octanol–water partition coefficient (Wildman–Crippen LogP) is 2.84. The van der Waals surface area contributed by atoms with Gasteiger partial charge in [-0.1, -0.05) is 18.6 Å². The lowest BCUT2D eigenvalue weighted by atomic mass is 9.94. The maximum atomic E-state index is 6.11. The average molecular weight is 475 g/mol. The molecule has 1 spiro atoms. The van der Waals surface area contributed by atoms with Crippen LogP contribution in [-0.4, -0.2) is 44.7 Å². The van der Waals surface area contributed by atoms with Crippen molar-refractivity contribution in [2.24, 2.45) is 10.7 Å². The molecule has 1 atom stereocenters. The van der Waals surface area contributed by atoms with E-state index >= 15 is 0 Å². The molecule has 2 fully saturated rings. The molecule has 0 bridgehead atoms. The standard InChI is InChI=1S/C19H29N3O3.HI/c1-23-16-7-5-15(6-8-16)9-12-21-18(20)22-13-17-14-24-19(25-17)10-3-2-4-11-19;/h5-8,17H,2-4,9-14H2,1H3,(H3,20,21,22);1H. The monoisotopic (exact) mass is 475 g/mol. The summed E-state index contributed by atoms with van der Waals surface area (Å²) in [6.45, 7) is 1.90. The maximum Gasteiger partial charge on any atom is 0.188 e. The first kappa shape index (κ1) is 21.2. The van der Waals surface area contributed by atoms with Gasteiger partial charge in [-0.15, -0.1) is 24.0 Å². The van der Waals surface area contributed by atoms with Crippen molar-refractivity contribution in [2.75, 3.05) is 26.8 Å². The zero-order chi connectivity index (χ0) is 17.5. The minimum absolute atomic E-state index is 0. The summed E-state index contributed by atoms with van der Waals surface area (Å²) in [5, 5.41) is 3.15. The summed E-state index contributed by atoms with van der Waals surface area (Å²) < 4.78 is 17.2. The number of methoxy groups -OCH3 is 1. The van der Waals surface area contributed by atoms with E-state index in [4.69, 9.17) is 19.9 Å². The van der Waals surface area contributed by atoms with Gasteiger partial charge in [-0.3, -0.25) is 4.99 Å². The van der Waals surface area contributed by atoms with Crippen LogP contribution in [0.5, 0.6) is 5.75 Å². The Kier molecular flexibility index (Phi) is 8.43. The molecule has 1 aromatic carbocycles. The largest absolute Gasteiger partial charge is 0.497 e. The van der Waals surface area contributed by atoms with Gasteiger partial charge in [0.2, 0.25) is 0 Å². The molecule has 3 rings (SSSR count). The number of ether oxygens (including phenoxy) is 3. The molecule has 0 radical (unpaired) electrons. The number of halogens is 1. The topological polar surface area (TPSA) is 78.1 Å². The Bertz CT molecular complexity index is 574. The van der Waals surface area contributed by atoms with Crippen molar-refractivity contribution in [3.8, 4) is 5.75 Å². The third-order valence-electron chi connectivity index (χ3n) is 4.87. The number of nitrogens with one attached hydrogen (secondary N) is 1. The van der Waals surface area contributed by atoms with E-state index in [2.05, 4.69) is 22.4 Å². The van der Waals surface area contributed by atoms with Crippen LogP contribution in [0.25, 0.3) is 0 Å². The van der Waals surface area contributed by atoms with Gasteiger partial charge < -0.3 is 25.3 Å². The van der Waals surface area contributed by atoms with Gasteiger partial charge in [-0.25, -0.2) is 0 Å². The highest BCUT2D eigenvalue weighted by Crippen LogP contribution is 2.37. The highest BCUT2D eigenvalue weighted by molar-refractivity contribution is 14.0. The van der Waals surface area contributed by atoms with E-state index in [1.54, 1.807) is 7.11 Å². The molecule has 1 saturated carbocycles. The van der Waals surface area contributed by atoms with Crippen LogP contribution < -0.4 is 15.8 Å². The molecule has 0 aromatic heterocycles. The predicted molar refractivity (Wildman–Crippen MR) is 113 cm³/mol. The molecule has 26 heavy (non-hydrogen) atoms. The van der Waals surface area contributed by atoms with Crippen LogP contribution >= 0.6 is 24.0 Å². The molecule has 146 valence electrons. The van der Waals surface area contributed by atoms with E-state index in [9.17, 15) is 0 Å². The lowest BCUT2D eigenvalue weighted by molar-refractivity contribution is -0.186. The fraction of sp³-hybridized carbons (Fsp3) is 0.632. The van der Waals surface area contributed by atoms with Gasteiger partial charge in [0.05, 0.1) is 20.3 Å². The number of nitrogens with zero attached hydrogens (tertiary/aromatic N) is 1. The molecule has 1 unspecified atom stereocenters. The number of hydrogen-bond donors (Lipinski definition) is 2. The Morgan fingerprint density at radius 1 is 1.27 bits per heavy atom. The summed E-state index contributed by atoms with van der Waals surface area (Å²) >= 11 is 0. The molecule has 7 heteroatoms. The molecule has 3 N–H and O–H groups in total. The van der Waals surface area contributed by atoms with Crippen molar-refractivity contribution >= 4 is 29.9 Å². The van der Waals surface area contributed by atoms with Crippen LogP contribution in [0.15, 0.2) is 29.3 Å². The van der Waals surface area contributed by atoms with Crippen molar-refractivity contribution in [3.05, 3.63) is 29.8 Å². The molecule has 1 aliphatic carbocycles. The van der Waals surface area contributed by atoms with Crippen LogP contribution in [0, 0.1) is 0 Å². The van der Waals surface area contributed by atoms with Gasteiger partial charge in [0.15, 0.2) is 11.7 Å². The average Bonchev–Trinajstić information content (AvgIpc) is 3.03. The Hall–Kier alpha value is -1.06. The number of hydrogen-bond acceptors (Lipinski definition) is 4. The third kappa shape index (κ3) is 5.99. The normalized spacial score (nSPS) is 22.0. The van der Waals surface area contributed by atoms with Gasteiger partial charge in [0.25, 0.3) is 0 Å². The summed E-state index contributed by atoms with van der Waals surface area (Å²) in [6.07, 6.45) is 6.55. The first-order chi connectivity index (χ1) is 12.2. The third-order valence-corrected chi connectivity index (χ3v) is 4.87. The van der Waals surface area contributed by atoms with E-state index in [-0.39, 0.29) is 35.9 Å². The Morgan fingerprint density at radius 2 is 2.00 bits per heavy atom. The molecule has 1 heterocycles. The molecule has 6 nitrogen and oxygen atoms in total. The van der Waals surface area contributed by atoms with Crippen LogP contribution in [0.1, 0.15) is 37.7 Å². The van der Waals surface area contributed by atoms with E-state index in [1.807, 2.05) is 12.1 Å². The van der Waals surface area contributed by atoms with Gasteiger partial charge in [-0.2, -0.15) is 0 Å². The second kappa shape index (κ2) is 10.3. The summed E-state index contributed by atoms with van der Waals surface area (Å²) in [5.74, 6) is 0.989. The Morgan fingerprint density at radius 3 is 2.69 bits per heavy atom. The van der Waals surface area contributed by atoms with Crippen LogP contribution in [0.2, 0.25) is 0 Å². The zero-order valence-corrected chi connectivity index (χ0v) is 17.7. The molecule has 1 aromatic rings. The highest BCUT2D eigenvalue weighted by atomic mass is 127. The number of rotatable bonds is 6. The van der Waals surface area contributed by atoms with Crippen molar-refractivity contribution in [1.29, 1.82) is 0 Å². The molecular formula is C19H30IN3O3. The number of nitrogens with two attached hydrogens (primary N) is 1. The lowest BCUT2D eigenvalue weighted by Gasteiger charge is -2.31. The maximum absolute atomic E-state index is 6.11. The quantitative estimate of drug-likeness (QED) is 0.376. The van der Waals surface area contributed by atoms with Gasteiger partial charge in [0, 0.05) is 19.4 Å².